The van der Waals surface area contributed by atoms with Gasteiger partial charge in [-0.3, -0.25) is 4.79 Å². The average molecular weight is 368 g/mol. The highest BCUT2D eigenvalue weighted by Crippen LogP contribution is 2.31. The molecule has 0 unspecified atom stereocenters. The maximum atomic E-state index is 12.7. The molecular weight excluding hydrogens is 344 g/mol. The number of nitrogens with one attached hydrogen (secondary N) is 1. The molecule has 0 aliphatic carbocycles. The first-order valence-electron chi connectivity index (χ1n) is 9.30. The highest BCUT2D eigenvalue weighted by atomic mass is 16.7. The smallest absolute Gasteiger partial charge is 0.274 e. The van der Waals surface area contributed by atoms with Crippen LogP contribution in [0.1, 0.15) is 34.5 Å². The van der Waals surface area contributed by atoms with Crippen molar-refractivity contribution in [2.45, 2.75) is 32.5 Å². The van der Waals surface area contributed by atoms with Crippen molar-refractivity contribution in [3.63, 3.8) is 0 Å². The van der Waals surface area contributed by atoms with Crippen LogP contribution >= 0.6 is 0 Å². The molecule has 2 aliphatic rings. The first-order chi connectivity index (χ1) is 13.0. The van der Waals surface area contributed by atoms with Crippen molar-refractivity contribution >= 4 is 17.4 Å². The number of amides is 1. The van der Waals surface area contributed by atoms with Gasteiger partial charge in [-0.1, -0.05) is 17.7 Å². The summed E-state index contributed by atoms with van der Waals surface area (Å²) < 4.78 is 11.4. The number of aryl methyl sites for hydroxylation is 2. The molecule has 3 heterocycles. The van der Waals surface area contributed by atoms with E-state index in [0.717, 1.165) is 11.3 Å². The fourth-order valence-corrected chi connectivity index (χ4v) is 3.60. The van der Waals surface area contributed by atoms with Crippen LogP contribution in [0.15, 0.2) is 30.3 Å². The summed E-state index contributed by atoms with van der Waals surface area (Å²) in [5, 5.41) is 11.5. The summed E-state index contributed by atoms with van der Waals surface area (Å²) in [7, 11) is 0. The van der Waals surface area contributed by atoms with Gasteiger partial charge in [0.1, 0.15) is 0 Å². The van der Waals surface area contributed by atoms with Crippen molar-refractivity contribution in [1.29, 1.82) is 0 Å². The van der Waals surface area contributed by atoms with Crippen molar-refractivity contribution in [3.05, 3.63) is 47.2 Å². The fourth-order valence-electron chi connectivity index (χ4n) is 3.60. The van der Waals surface area contributed by atoms with Crippen LogP contribution in [0, 0.1) is 13.8 Å². The second kappa shape index (κ2) is 7.25. The predicted molar refractivity (Wildman–Crippen MR) is 101 cm³/mol. The van der Waals surface area contributed by atoms with Crippen LogP contribution in [-0.2, 0) is 9.47 Å². The largest absolute Gasteiger partial charge is 0.347 e. The second-order valence-corrected chi connectivity index (χ2v) is 7.15. The Bertz CT molecular complexity index is 822. The van der Waals surface area contributed by atoms with Crippen LogP contribution in [-0.4, -0.2) is 53.1 Å². The van der Waals surface area contributed by atoms with Gasteiger partial charge in [0.25, 0.3) is 5.91 Å². The Morgan fingerprint density at radius 2 is 1.81 bits per heavy atom. The molecule has 2 aliphatic heterocycles. The van der Waals surface area contributed by atoms with E-state index >= 15 is 0 Å². The van der Waals surface area contributed by atoms with Crippen LogP contribution in [0.5, 0.6) is 0 Å². The van der Waals surface area contributed by atoms with Gasteiger partial charge in [-0.2, -0.15) is 0 Å². The monoisotopic (exact) mass is 368 g/mol. The normalized spacial score (nSPS) is 18.7. The Labute approximate surface area is 158 Å². The number of aromatic nitrogens is 2. The lowest BCUT2D eigenvalue weighted by atomic mass is 10.0. The molecule has 1 aromatic heterocycles. The molecular formula is C20H24N4O3. The number of ether oxygens (including phenoxy) is 2. The van der Waals surface area contributed by atoms with Crippen LogP contribution in [0.4, 0.5) is 11.5 Å². The van der Waals surface area contributed by atoms with Gasteiger partial charge in [0.2, 0.25) is 0 Å². The van der Waals surface area contributed by atoms with Crippen LogP contribution in [0.2, 0.25) is 0 Å². The minimum absolute atomic E-state index is 0.103. The van der Waals surface area contributed by atoms with Crippen molar-refractivity contribution < 1.29 is 14.3 Å². The van der Waals surface area contributed by atoms with E-state index in [1.54, 1.807) is 17.0 Å². The molecule has 0 radical (unpaired) electrons. The predicted octanol–water partition coefficient (Wildman–Crippen LogP) is 2.82. The van der Waals surface area contributed by atoms with E-state index in [9.17, 15) is 4.79 Å². The summed E-state index contributed by atoms with van der Waals surface area (Å²) >= 11 is 0. The third-order valence-corrected chi connectivity index (χ3v) is 5.15. The number of carbonyl (C=O) groups excluding carboxylic acids is 1. The molecule has 27 heavy (non-hydrogen) atoms. The number of benzene rings is 1. The van der Waals surface area contributed by atoms with Gasteiger partial charge in [0.15, 0.2) is 17.3 Å². The first-order valence-corrected chi connectivity index (χ1v) is 9.30. The quantitative estimate of drug-likeness (QED) is 0.898. The van der Waals surface area contributed by atoms with Crippen molar-refractivity contribution in [2.75, 3.05) is 31.6 Å². The Kier molecular flexibility index (Phi) is 4.80. The van der Waals surface area contributed by atoms with E-state index < -0.39 is 5.79 Å². The van der Waals surface area contributed by atoms with E-state index in [4.69, 9.17) is 9.47 Å². The number of likely N-dealkylation sites (tertiary alicyclic amines) is 1. The second-order valence-electron chi connectivity index (χ2n) is 7.15. The Hall–Kier alpha value is -2.51. The number of rotatable bonds is 3. The number of hydrogen-bond donors (Lipinski definition) is 1. The Morgan fingerprint density at radius 3 is 2.44 bits per heavy atom. The number of anilines is 2. The van der Waals surface area contributed by atoms with Gasteiger partial charge in [-0.15, -0.1) is 10.2 Å². The van der Waals surface area contributed by atoms with E-state index in [0.29, 0.717) is 50.7 Å². The highest BCUT2D eigenvalue weighted by molar-refractivity contribution is 5.92. The lowest BCUT2D eigenvalue weighted by Crippen LogP contribution is -2.47. The molecule has 4 rings (SSSR count). The Balaban J connectivity index is 1.39. The molecule has 1 aromatic carbocycles. The van der Waals surface area contributed by atoms with Gasteiger partial charge >= 0.3 is 0 Å². The zero-order valence-electron chi connectivity index (χ0n) is 15.7. The van der Waals surface area contributed by atoms with E-state index in [1.807, 2.05) is 19.1 Å². The topological polar surface area (TPSA) is 76.6 Å². The van der Waals surface area contributed by atoms with Gasteiger partial charge in [0, 0.05) is 31.6 Å². The van der Waals surface area contributed by atoms with Crippen molar-refractivity contribution in [3.8, 4) is 0 Å². The number of hydrogen-bond acceptors (Lipinski definition) is 6. The molecule has 1 spiro atoms. The molecule has 1 N–H and O–H groups in total. The SMILES string of the molecule is Cc1ccc(Nc2ccc(C(=O)N3CCC4(CC3)OCCO4)nn2)c(C)c1. The molecule has 2 aromatic rings. The van der Waals surface area contributed by atoms with Crippen molar-refractivity contribution in [2.24, 2.45) is 0 Å². The van der Waals surface area contributed by atoms with Crippen LogP contribution in [0.3, 0.4) is 0 Å². The third-order valence-electron chi connectivity index (χ3n) is 5.15. The zero-order chi connectivity index (χ0) is 18.9. The summed E-state index contributed by atoms with van der Waals surface area (Å²) in [6.07, 6.45) is 1.39. The van der Waals surface area contributed by atoms with Gasteiger partial charge in [-0.05, 0) is 37.6 Å². The molecule has 0 atom stereocenters. The number of carbonyl (C=O) groups is 1. The van der Waals surface area contributed by atoms with Gasteiger partial charge in [0.05, 0.1) is 13.2 Å². The maximum absolute atomic E-state index is 12.7. The lowest BCUT2D eigenvalue weighted by Gasteiger charge is -2.37. The summed E-state index contributed by atoms with van der Waals surface area (Å²) in [6, 6.07) is 9.67. The molecule has 0 saturated carbocycles. The standard InChI is InChI=1S/C20H24N4O3/c1-14-3-4-16(15(2)13-14)21-18-6-5-17(22-23-18)19(25)24-9-7-20(8-10-24)26-11-12-27-20/h3-6,13H,7-12H2,1-2H3,(H,21,23). The number of nitrogens with zero attached hydrogens (tertiary/aromatic N) is 3. The van der Waals surface area contributed by atoms with E-state index in [1.165, 1.54) is 5.56 Å². The summed E-state index contributed by atoms with van der Waals surface area (Å²) in [5.74, 6) is 0.0274. The fraction of sp³-hybridized carbons (Fsp3) is 0.450. The molecule has 0 bridgehead atoms. The Morgan fingerprint density at radius 1 is 1.07 bits per heavy atom. The van der Waals surface area contributed by atoms with Gasteiger partial charge in [-0.25, -0.2) is 0 Å². The van der Waals surface area contributed by atoms with Crippen LogP contribution < -0.4 is 5.32 Å². The third kappa shape index (κ3) is 3.79. The molecule has 7 nitrogen and oxygen atoms in total. The zero-order valence-corrected chi connectivity index (χ0v) is 15.7. The molecule has 1 amide bonds. The van der Waals surface area contributed by atoms with E-state index in [-0.39, 0.29) is 5.91 Å². The van der Waals surface area contributed by atoms with Gasteiger partial charge < -0.3 is 19.7 Å². The molecule has 142 valence electrons. The summed E-state index contributed by atoms with van der Waals surface area (Å²) in [4.78, 5) is 14.5. The first kappa shape index (κ1) is 17.9. The minimum atomic E-state index is -0.484. The van der Waals surface area contributed by atoms with Crippen molar-refractivity contribution in [1.82, 2.24) is 15.1 Å². The van der Waals surface area contributed by atoms with E-state index in [2.05, 4.69) is 28.5 Å². The highest BCUT2D eigenvalue weighted by Gasteiger charge is 2.41. The summed E-state index contributed by atoms with van der Waals surface area (Å²) in [5.41, 5.74) is 3.68. The lowest BCUT2D eigenvalue weighted by molar-refractivity contribution is -0.181. The minimum Gasteiger partial charge on any atom is -0.347 e. The summed E-state index contributed by atoms with van der Waals surface area (Å²) in [6.45, 7) is 6.57. The number of piperidine rings is 1. The molecule has 7 heteroatoms. The maximum Gasteiger partial charge on any atom is 0.274 e. The molecule has 2 fully saturated rings. The average Bonchev–Trinajstić information content (AvgIpc) is 3.13. The molecule has 2 saturated heterocycles. The van der Waals surface area contributed by atoms with Crippen LogP contribution in [0.25, 0.3) is 0 Å².